The Bertz CT molecular complexity index is 734. The standard InChI is InChI=1S/C22H35N5O3.HI/c1-5-23-22(26(4)16-20(28)27(6-2)7-3)24-15-17-10-8-11-18(14-17)25-21(29)19-12-9-13-30-19;/h8,10-11,14,19H,5-7,9,12-13,15-16H2,1-4H3,(H,23,24)(H,25,29);1H. The van der Waals surface area contributed by atoms with Crippen molar-refractivity contribution in [2.75, 3.05) is 45.2 Å². The highest BCUT2D eigenvalue weighted by Crippen LogP contribution is 2.16. The number of likely N-dealkylation sites (N-methyl/N-ethyl adjacent to an activating group) is 2. The van der Waals surface area contributed by atoms with Gasteiger partial charge in [-0.25, -0.2) is 4.99 Å². The average Bonchev–Trinajstić information content (AvgIpc) is 3.27. The Labute approximate surface area is 202 Å². The predicted octanol–water partition coefficient (Wildman–Crippen LogP) is 2.69. The number of guanidine groups is 1. The minimum atomic E-state index is -0.357. The zero-order chi connectivity index (χ0) is 21.9. The Morgan fingerprint density at radius 2 is 1.97 bits per heavy atom. The lowest BCUT2D eigenvalue weighted by atomic mass is 10.2. The van der Waals surface area contributed by atoms with Gasteiger partial charge in [0.2, 0.25) is 5.91 Å². The van der Waals surface area contributed by atoms with E-state index in [2.05, 4.69) is 15.6 Å². The SMILES string of the molecule is CCNC(=NCc1cccc(NC(=O)C2CCCO2)c1)N(C)CC(=O)N(CC)CC.I. The lowest BCUT2D eigenvalue weighted by Crippen LogP contribution is -2.45. The Balaban J connectivity index is 0.00000480. The molecular formula is C22H36IN5O3. The first-order chi connectivity index (χ1) is 14.5. The van der Waals surface area contributed by atoms with E-state index in [1.165, 1.54) is 0 Å². The van der Waals surface area contributed by atoms with E-state index in [0.717, 1.165) is 24.1 Å². The fourth-order valence-corrected chi connectivity index (χ4v) is 3.34. The highest BCUT2D eigenvalue weighted by atomic mass is 127. The van der Waals surface area contributed by atoms with Gasteiger partial charge in [0.1, 0.15) is 6.10 Å². The number of hydrogen-bond donors (Lipinski definition) is 2. The fraction of sp³-hybridized carbons (Fsp3) is 0.591. The summed E-state index contributed by atoms with van der Waals surface area (Å²) in [5.41, 5.74) is 1.71. The van der Waals surface area contributed by atoms with Crippen molar-refractivity contribution < 1.29 is 14.3 Å². The second kappa shape index (κ2) is 14.2. The van der Waals surface area contributed by atoms with Crippen LogP contribution in [0.5, 0.6) is 0 Å². The van der Waals surface area contributed by atoms with E-state index in [4.69, 9.17) is 4.74 Å². The number of nitrogens with zero attached hydrogens (tertiary/aromatic N) is 3. The molecule has 0 bridgehead atoms. The van der Waals surface area contributed by atoms with Crippen LogP contribution in [0, 0.1) is 0 Å². The van der Waals surface area contributed by atoms with Crippen molar-refractivity contribution >= 4 is 47.4 Å². The van der Waals surface area contributed by atoms with Crippen molar-refractivity contribution in [1.29, 1.82) is 0 Å². The van der Waals surface area contributed by atoms with Crippen LogP contribution in [0.1, 0.15) is 39.2 Å². The van der Waals surface area contributed by atoms with Gasteiger partial charge in [-0.1, -0.05) is 12.1 Å². The number of ether oxygens (including phenoxy) is 1. The molecule has 174 valence electrons. The molecule has 1 aliphatic rings. The molecule has 1 heterocycles. The molecule has 1 fully saturated rings. The highest BCUT2D eigenvalue weighted by molar-refractivity contribution is 14.0. The summed E-state index contributed by atoms with van der Waals surface area (Å²) in [6, 6.07) is 7.65. The van der Waals surface area contributed by atoms with Crippen molar-refractivity contribution in [3.63, 3.8) is 0 Å². The molecule has 0 radical (unpaired) electrons. The summed E-state index contributed by atoms with van der Waals surface area (Å²) < 4.78 is 5.44. The Morgan fingerprint density at radius 1 is 1.23 bits per heavy atom. The van der Waals surface area contributed by atoms with Gasteiger partial charge in [-0.2, -0.15) is 0 Å². The Morgan fingerprint density at radius 3 is 2.58 bits per heavy atom. The van der Waals surface area contributed by atoms with Crippen molar-refractivity contribution in [2.24, 2.45) is 4.99 Å². The zero-order valence-electron chi connectivity index (χ0n) is 19.0. The molecule has 0 spiro atoms. The van der Waals surface area contributed by atoms with Crippen molar-refractivity contribution in [2.45, 2.75) is 46.3 Å². The van der Waals surface area contributed by atoms with Crippen LogP contribution in [0.15, 0.2) is 29.3 Å². The summed E-state index contributed by atoms with van der Waals surface area (Å²) in [5.74, 6) is 0.648. The van der Waals surface area contributed by atoms with Crippen LogP contribution in [0.3, 0.4) is 0 Å². The van der Waals surface area contributed by atoms with Crippen LogP contribution in [0.4, 0.5) is 5.69 Å². The third-order valence-electron chi connectivity index (χ3n) is 5.01. The average molecular weight is 545 g/mol. The number of anilines is 1. The molecule has 1 unspecified atom stereocenters. The van der Waals surface area contributed by atoms with Crippen LogP contribution in [-0.2, 0) is 20.9 Å². The second-order valence-corrected chi connectivity index (χ2v) is 7.28. The lowest BCUT2D eigenvalue weighted by molar-refractivity contribution is -0.131. The van der Waals surface area contributed by atoms with Gasteiger partial charge in [0.05, 0.1) is 13.1 Å². The minimum absolute atomic E-state index is 0. The Hall–Kier alpha value is -1.88. The maximum absolute atomic E-state index is 12.4. The van der Waals surface area contributed by atoms with E-state index in [1.54, 1.807) is 4.90 Å². The van der Waals surface area contributed by atoms with E-state index < -0.39 is 0 Å². The predicted molar refractivity (Wildman–Crippen MR) is 135 cm³/mol. The van der Waals surface area contributed by atoms with Crippen molar-refractivity contribution in [3.05, 3.63) is 29.8 Å². The van der Waals surface area contributed by atoms with Gasteiger partial charge in [0.15, 0.2) is 5.96 Å². The van der Waals surface area contributed by atoms with Gasteiger partial charge < -0.3 is 25.2 Å². The monoisotopic (exact) mass is 545 g/mol. The smallest absolute Gasteiger partial charge is 0.253 e. The molecule has 0 aliphatic carbocycles. The number of rotatable bonds is 9. The largest absolute Gasteiger partial charge is 0.368 e. The summed E-state index contributed by atoms with van der Waals surface area (Å²) in [5, 5.41) is 6.16. The maximum atomic E-state index is 12.4. The summed E-state index contributed by atoms with van der Waals surface area (Å²) >= 11 is 0. The maximum Gasteiger partial charge on any atom is 0.253 e. The first-order valence-electron chi connectivity index (χ1n) is 10.8. The summed E-state index contributed by atoms with van der Waals surface area (Å²) in [4.78, 5) is 33.0. The minimum Gasteiger partial charge on any atom is -0.368 e. The lowest BCUT2D eigenvalue weighted by Gasteiger charge is -2.25. The van der Waals surface area contributed by atoms with Crippen LogP contribution >= 0.6 is 24.0 Å². The van der Waals surface area contributed by atoms with Crippen molar-refractivity contribution in [3.8, 4) is 0 Å². The van der Waals surface area contributed by atoms with Gasteiger partial charge in [-0.05, 0) is 51.3 Å². The normalized spacial score (nSPS) is 15.7. The number of carbonyl (C=O) groups excluding carboxylic acids is 2. The van der Waals surface area contributed by atoms with E-state index >= 15 is 0 Å². The van der Waals surface area contributed by atoms with Crippen LogP contribution in [0.25, 0.3) is 0 Å². The summed E-state index contributed by atoms with van der Waals surface area (Å²) in [6.45, 7) is 9.40. The molecular weight excluding hydrogens is 509 g/mol. The molecule has 1 aliphatic heterocycles. The molecule has 1 aromatic rings. The second-order valence-electron chi connectivity index (χ2n) is 7.28. The summed E-state index contributed by atoms with van der Waals surface area (Å²) in [7, 11) is 1.86. The molecule has 1 saturated heterocycles. The fourth-order valence-electron chi connectivity index (χ4n) is 3.34. The quantitative estimate of drug-likeness (QED) is 0.283. The number of hydrogen-bond acceptors (Lipinski definition) is 4. The molecule has 1 atom stereocenters. The molecule has 9 heteroatoms. The Kier molecular flexibility index (Phi) is 12.5. The van der Waals surface area contributed by atoms with Crippen molar-refractivity contribution in [1.82, 2.24) is 15.1 Å². The third-order valence-corrected chi connectivity index (χ3v) is 5.01. The van der Waals surface area contributed by atoms with E-state index in [9.17, 15) is 9.59 Å². The number of halogens is 1. The molecule has 2 rings (SSSR count). The topological polar surface area (TPSA) is 86.3 Å². The molecule has 31 heavy (non-hydrogen) atoms. The molecule has 0 aromatic heterocycles. The first-order valence-corrected chi connectivity index (χ1v) is 10.8. The van der Waals surface area contributed by atoms with Crippen LogP contribution in [0.2, 0.25) is 0 Å². The number of aliphatic imine (C=N–C) groups is 1. The third kappa shape index (κ3) is 8.64. The molecule has 2 N–H and O–H groups in total. The van der Waals surface area contributed by atoms with Gasteiger partial charge in [-0.15, -0.1) is 24.0 Å². The van der Waals surface area contributed by atoms with Crippen LogP contribution in [-0.4, -0.2) is 73.5 Å². The van der Waals surface area contributed by atoms with Crippen LogP contribution < -0.4 is 10.6 Å². The number of carbonyl (C=O) groups is 2. The highest BCUT2D eigenvalue weighted by Gasteiger charge is 2.23. The molecule has 0 saturated carbocycles. The van der Waals surface area contributed by atoms with E-state index in [-0.39, 0.29) is 48.4 Å². The molecule has 8 nitrogen and oxygen atoms in total. The van der Waals surface area contributed by atoms with E-state index in [0.29, 0.717) is 38.7 Å². The van der Waals surface area contributed by atoms with Gasteiger partial charge in [0.25, 0.3) is 5.91 Å². The van der Waals surface area contributed by atoms with Gasteiger partial charge in [-0.3, -0.25) is 9.59 Å². The van der Waals surface area contributed by atoms with Gasteiger partial charge >= 0.3 is 0 Å². The number of benzene rings is 1. The zero-order valence-corrected chi connectivity index (χ0v) is 21.3. The van der Waals surface area contributed by atoms with Gasteiger partial charge in [0, 0.05) is 39.0 Å². The number of nitrogens with one attached hydrogen (secondary N) is 2. The summed E-state index contributed by atoms with van der Waals surface area (Å²) in [6.07, 6.45) is 1.33. The molecule has 2 amide bonds. The van der Waals surface area contributed by atoms with E-state index in [1.807, 2.05) is 57.0 Å². The first kappa shape index (κ1) is 27.2. The molecule has 1 aromatic carbocycles. The number of amides is 2.